The lowest BCUT2D eigenvalue weighted by atomic mass is 10.2. The second kappa shape index (κ2) is 4.73. The van der Waals surface area contributed by atoms with Gasteiger partial charge in [-0.05, 0) is 5.56 Å². The van der Waals surface area contributed by atoms with Crippen LogP contribution in [0.1, 0.15) is 5.56 Å². The van der Waals surface area contributed by atoms with E-state index in [1.54, 1.807) is 6.21 Å². The molecule has 0 saturated heterocycles. The second-order valence-electron chi connectivity index (χ2n) is 3.80. The smallest absolute Gasteiger partial charge is 0.340 e. The van der Waals surface area contributed by atoms with E-state index in [2.05, 4.69) is 30.5 Å². The number of imidazole rings is 1. The summed E-state index contributed by atoms with van der Waals surface area (Å²) in [4.78, 5) is 24.4. The molecule has 2 heterocycles. The number of nitrogens with zero attached hydrogens (tertiary/aromatic N) is 3. The van der Waals surface area contributed by atoms with E-state index in [0.29, 0.717) is 17.0 Å². The molecule has 94 valence electrons. The van der Waals surface area contributed by atoms with Gasteiger partial charge in [-0.2, -0.15) is 10.1 Å². The number of benzene rings is 1. The van der Waals surface area contributed by atoms with Gasteiger partial charge in [-0.3, -0.25) is 10.4 Å². The van der Waals surface area contributed by atoms with Crippen molar-refractivity contribution < 1.29 is 0 Å². The summed E-state index contributed by atoms with van der Waals surface area (Å²) in [5.41, 5.74) is 4.19. The number of H-pyrrole nitrogens is 2. The number of hydrazone groups is 1. The molecule has 7 nitrogen and oxygen atoms in total. The minimum atomic E-state index is -0.475. The summed E-state index contributed by atoms with van der Waals surface area (Å²) in [6.45, 7) is 0. The normalized spacial score (nSPS) is 11.2. The van der Waals surface area contributed by atoms with Crippen molar-refractivity contribution in [2.45, 2.75) is 0 Å². The van der Waals surface area contributed by atoms with Gasteiger partial charge in [0.15, 0.2) is 11.5 Å². The lowest BCUT2D eigenvalue weighted by Crippen LogP contribution is -2.12. The van der Waals surface area contributed by atoms with Gasteiger partial charge in [0.2, 0.25) is 0 Å². The first-order valence-corrected chi connectivity index (χ1v) is 5.60. The summed E-state index contributed by atoms with van der Waals surface area (Å²) in [6, 6.07) is 9.61. The van der Waals surface area contributed by atoms with Crippen molar-refractivity contribution in [2.24, 2.45) is 5.10 Å². The van der Waals surface area contributed by atoms with Crippen molar-refractivity contribution in [3.05, 3.63) is 52.7 Å². The van der Waals surface area contributed by atoms with Crippen LogP contribution in [0.15, 0.2) is 46.6 Å². The molecule has 0 radical (unpaired) electrons. The van der Waals surface area contributed by atoms with Crippen LogP contribution < -0.4 is 11.1 Å². The third-order valence-corrected chi connectivity index (χ3v) is 2.50. The van der Waals surface area contributed by atoms with Crippen molar-refractivity contribution in [3.63, 3.8) is 0 Å². The molecule has 0 atom stereocenters. The number of hydrogen-bond acceptors (Lipinski definition) is 5. The average molecular weight is 254 g/mol. The van der Waals surface area contributed by atoms with Crippen molar-refractivity contribution in [1.29, 1.82) is 0 Å². The van der Waals surface area contributed by atoms with E-state index in [0.717, 1.165) is 5.56 Å². The van der Waals surface area contributed by atoms with E-state index in [1.807, 2.05) is 30.3 Å². The highest BCUT2D eigenvalue weighted by molar-refractivity contribution is 5.84. The molecule has 2 aromatic heterocycles. The fourth-order valence-electron chi connectivity index (χ4n) is 1.64. The van der Waals surface area contributed by atoms with Crippen LogP contribution in [-0.2, 0) is 0 Å². The van der Waals surface area contributed by atoms with Gasteiger partial charge in [0, 0.05) is 0 Å². The Labute approximate surface area is 107 Å². The second-order valence-corrected chi connectivity index (χ2v) is 3.80. The number of anilines is 1. The number of fused-ring (bicyclic) bond motifs is 1. The molecule has 0 fully saturated rings. The van der Waals surface area contributed by atoms with Crippen molar-refractivity contribution >= 4 is 23.2 Å². The molecule has 3 aromatic rings. The SMILES string of the molecule is O=c1nc2nc[nH]c2c(N/N=C/c2ccccc2)[nH]1. The highest BCUT2D eigenvalue weighted by atomic mass is 16.1. The molecule has 0 aliphatic rings. The minimum Gasteiger partial charge on any atom is -0.340 e. The van der Waals surface area contributed by atoms with Crippen LogP contribution in [0.3, 0.4) is 0 Å². The Morgan fingerprint density at radius 3 is 2.95 bits per heavy atom. The molecule has 0 bridgehead atoms. The summed E-state index contributed by atoms with van der Waals surface area (Å²) < 4.78 is 0. The zero-order valence-corrected chi connectivity index (χ0v) is 9.79. The van der Waals surface area contributed by atoms with E-state index < -0.39 is 5.69 Å². The first kappa shape index (κ1) is 11.1. The van der Waals surface area contributed by atoms with Gasteiger partial charge in [0.25, 0.3) is 0 Å². The van der Waals surface area contributed by atoms with Crippen LogP contribution >= 0.6 is 0 Å². The molecular formula is C12H10N6O. The maximum Gasteiger partial charge on any atom is 0.348 e. The van der Waals surface area contributed by atoms with Crippen molar-refractivity contribution in [1.82, 2.24) is 19.9 Å². The van der Waals surface area contributed by atoms with Gasteiger partial charge in [0.05, 0.1) is 12.5 Å². The topological polar surface area (TPSA) is 98.8 Å². The Kier molecular flexibility index (Phi) is 2.77. The van der Waals surface area contributed by atoms with Gasteiger partial charge in [-0.1, -0.05) is 30.3 Å². The van der Waals surface area contributed by atoms with Gasteiger partial charge in [0.1, 0.15) is 5.52 Å². The Bertz CT molecular complexity index is 774. The molecule has 3 N–H and O–H groups in total. The summed E-state index contributed by atoms with van der Waals surface area (Å²) in [5.74, 6) is 0.430. The highest BCUT2D eigenvalue weighted by Gasteiger charge is 2.05. The lowest BCUT2D eigenvalue weighted by molar-refractivity contribution is 1.09. The number of hydrogen-bond donors (Lipinski definition) is 3. The van der Waals surface area contributed by atoms with Crippen LogP contribution in [0.2, 0.25) is 0 Å². The molecule has 7 heteroatoms. The van der Waals surface area contributed by atoms with Gasteiger partial charge in [-0.25, -0.2) is 9.78 Å². The van der Waals surface area contributed by atoms with Gasteiger partial charge < -0.3 is 4.98 Å². The summed E-state index contributed by atoms with van der Waals surface area (Å²) in [6.07, 6.45) is 3.12. The number of aromatic amines is 2. The first-order chi connectivity index (χ1) is 9.33. The molecule has 3 rings (SSSR count). The van der Waals surface area contributed by atoms with E-state index >= 15 is 0 Å². The Balaban J connectivity index is 1.88. The van der Waals surface area contributed by atoms with Crippen LogP contribution in [0, 0.1) is 0 Å². The quantitative estimate of drug-likeness (QED) is 0.481. The van der Waals surface area contributed by atoms with E-state index in [9.17, 15) is 4.79 Å². The molecule has 0 unspecified atom stereocenters. The largest absolute Gasteiger partial charge is 0.348 e. The van der Waals surface area contributed by atoms with E-state index in [4.69, 9.17) is 0 Å². The summed E-state index contributed by atoms with van der Waals surface area (Å²) >= 11 is 0. The molecule has 0 aliphatic heterocycles. The molecule has 0 saturated carbocycles. The fourth-order valence-corrected chi connectivity index (χ4v) is 1.64. The van der Waals surface area contributed by atoms with Gasteiger partial charge >= 0.3 is 5.69 Å². The number of rotatable bonds is 3. The Hall–Kier alpha value is -2.96. The first-order valence-electron chi connectivity index (χ1n) is 5.60. The average Bonchev–Trinajstić information content (AvgIpc) is 2.88. The molecular weight excluding hydrogens is 244 g/mol. The molecule has 0 aliphatic carbocycles. The maximum absolute atomic E-state index is 11.3. The van der Waals surface area contributed by atoms with E-state index in [-0.39, 0.29) is 0 Å². The van der Waals surface area contributed by atoms with Crippen molar-refractivity contribution in [3.8, 4) is 0 Å². The predicted octanol–water partition coefficient (Wildman–Crippen LogP) is 1.09. The van der Waals surface area contributed by atoms with E-state index in [1.165, 1.54) is 6.33 Å². The third-order valence-electron chi connectivity index (χ3n) is 2.50. The molecule has 19 heavy (non-hydrogen) atoms. The van der Waals surface area contributed by atoms with Gasteiger partial charge in [-0.15, -0.1) is 0 Å². The zero-order valence-electron chi connectivity index (χ0n) is 9.79. The number of aromatic nitrogens is 4. The minimum absolute atomic E-state index is 0.348. The van der Waals surface area contributed by atoms with Crippen LogP contribution in [0.25, 0.3) is 11.2 Å². The monoisotopic (exact) mass is 254 g/mol. The Morgan fingerprint density at radius 1 is 1.26 bits per heavy atom. The Morgan fingerprint density at radius 2 is 2.11 bits per heavy atom. The third kappa shape index (κ3) is 2.34. The standard InChI is InChI=1S/C12H10N6O/c19-12-16-10-9(13-7-14-10)11(17-12)18-15-6-8-4-2-1-3-5-8/h1-7H,(H3,13,14,16,17,18,19)/b15-6+. The summed E-state index contributed by atoms with van der Waals surface area (Å²) in [5, 5.41) is 4.06. The van der Waals surface area contributed by atoms with Crippen LogP contribution in [0.5, 0.6) is 0 Å². The van der Waals surface area contributed by atoms with Crippen molar-refractivity contribution in [2.75, 3.05) is 5.43 Å². The molecule has 0 spiro atoms. The van der Waals surface area contributed by atoms with Crippen LogP contribution in [-0.4, -0.2) is 26.2 Å². The number of nitrogens with one attached hydrogen (secondary N) is 3. The highest BCUT2D eigenvalue weighted by Crippen LogP contribution is 2.12. The lowest BCUT2D eigenvalue weighted by Gasteiger charge is -2.00. The molecule has 1 aromatic carbocycles. The molecule has 0 amide bonds. The fraction of sp³-hybridized carbons (Fsp3) is 0. The van der Waals surface area contributed by atoms with Crippen LogP contribution in [0.4, 0.5) is 5.82 Å². The maximum atomic E-state index is 11.3. The zero-order chi connectivity index (χ0) is 13.1. The summed E-state index contributed by atoms with van der Waals surface area (Å²) in [7, 11) is 0. The predicted molar refractivity (Wildman–Crippen MR) is 72.2 cm³/mol.